The fourth-order valence-corrected chi connectivity index (χ4v) is 3.20. The number of carbonyl (C=O) groups excluding carboxylic acids is 1. The number of carbonyl (C=O) groups is 1. The lowest BCUT2D eigenvalue weighted by Crippen LogP contribution is -2.29. The van der Waals surface area contributed by atoms with E-state index in [0.29, 0.717) is 11.6 Å². The largest absolute Gasteiger partial charge is 0.384 e. The van der Waals surface area contributed by atoms with Gasteiger partial charge < -0.3 is 15.9 Å². The zero-order chi connectivity index (χ0) is 20.6. The summed E-state index contributed by atoms with van der Waals surface area (Å²) in [5.74, 6) is -2.08. The SMILES string of the molecule is N/C(=N/OCC(=O)Nc1ccc(F)cc1F)c1cccc(CN2CCCCC2)c1. The summed E-state index contributed by atoms with van der Waals surface area (Å²) < 4.78 is 26.4. The number of halogens is 2. The lowest BCUT2D eigenvalue weighted by Gasteiger charge is -2.26. The summed E-state index contributed by atoms with van der Waals surface area (Å²) >= 11 is 0. The predicted molar refractivity (Wildman–Crippen MR) is 107 cm³/mol. The van der Waals surface area contributed by atoms with Gasteiger partial charge in [0.15, 0.2) is 12.4 Å². The summed E-state index contributed by atoms with van der Waals surface area (Å²) in [4.78, 5) is 19.2. The lowest BCUT2D eigenvalue weighted by molar-refractivity contribution is -0.120. The van der Waals surface area contributed by atoms with Gasteiger partial charge in [-0.3, -0.25) is 9.69 Å². The van der Waals surface area contributed by atoms with Crippen LogP contribution in [0.1, 0.15) is 30.4 Å². The van der Waals surface area contributed by atoms with Crippen molar-refractivity contribution >= 4 is 17.4 Å². The quantitative estimate of drug-likeness (QED) is 0.423. The number of nitrogens with zero attached hydrogens (tertiary/aromatic N) is 2. The standard InChI is InChI=1S/C21H24F2N4O2/c22-17-7-8-19(18(23)12-17)25-20(28)14-29-26-21(24)16-6-4-5-15(11-16)13-27-9-2-1-3-10-27/h4-8,11-12H,1-3,9-10,13-14H2,(H2,24,26)(H,25,28). The summed E-state index contributed by atoms with van der Waals surface area (Å²) in [6.07, 6.45) is 3.73. The van der Waals surface area contributed by atoms with Gasteiger partial charge in [0.25, 0.3) is 5.91 Å². The van der Waals surface area contributed by atoms with E-state index >= 15 is 0 Å². The van der Waals surface area contributed by atoms with Crippen LogP contribution in [-0.4, -0.2) is 36.3 Å². The number of amides is 1. The van der Waals surface area contributed by atoms with Crippen LogP contribution >= 0.6 is 0 Å². The van der Waals surface area contributed by atoms with E-state index in [2.05, 4.69) is 15.4 Å². The molecule has 2 aromatic rings. The van der Waals surface area contributed by atoms with Crippen LogP contribution in [0.4, 0.5) is 14.5 Å². The van der Waals surface area contributed by atoms with E-state index in [1.165, 1.54) is 19.3 Å². The number of anilines is 1. The Hall–Kier alpha value is -3.00. The van der Waals surface area contributed by atoms with Gasteiger partial charge in [-0.15, -0.1) is 0 Å². The van der Waals surface area contributed by atoms with Crippen molar-refractivity contribution in [1.82, 2.24) is 4.90 Å². The molecule has 154 valence electrons. The Morgan fingerprint density at radius 3 is 2.69 bits per heavy atom. The van der Waals surface area contributed by atoms with Gasteiger partial charge in [-0.05, 0) is 49.7 Å². The Morgan fingerprint density at radius 2 is 1.93 bits per heavy atom. The Bertz CT molecular complexity index is 883. The summed E-state index contributed by atoms with van der Waals surface area (Å²) in [5, 5.41) is 6.05. The summed E-state index contributed by atoms with van der Waals surface area (Å²) in [5.41, 5.74) is 7.65. The first-order valence-corrected chi connectivity index (χ1v) is 9.53. The minimum absolute atomic E-state index is 0.137. The number of nitrogens with one attached hydrogen (secondary N) is 1. The predicted octanol–water partition coefficient (Wildman–Crippen LogP) is 3.23. The van der Waals surface area contributed by atoms with Gasteiger partial charge in [-0.25, -0.2) is 8.78 Å². The first-order chi connectivity index (χ1) is 14.0. The Labute approximate surface area is 168 Å². The summed E-state index contributed by atoms with van der Waals surface area (Å²) in [7, 11) is 0. The second-order valence-corrected chi connectivity index (χ2v) is 6.96. The fourth-order valence-electron chi connectivity index (χ4n) is 3.20. The first-order valence-electron chi connectivity index (χ1n) is 9.53. The van der Waals surface area contributed by atoms with E-state index in [1.807, 2.05) is 24.3 Å². The van der Waals surface area contributed by atoms with Gasteiger partial charge in [-0.1, -0.05) is 29.8 Å². The molecule has 0 unspecified atom stereocenters. The maximum absolute atomic E-state index is 13.5. The molecule has 6 nitrogen and oxygen atoms in total. The third-order valence-corrected chi connectivity index (χ3v) is 4.64. The monoisotopic (exact) mass is 402 g/mol. The smallest absolute Gasteiger partial charge is 0.265 e. The van der Waals surface area contributed by atoms with E-state index in [1.54, 1.807) is 0 Å². The topological polar surface area (TPSA) is 80.0 Å². The summed E-state index contributed by atoms with van der Waals surface area (Å²) in [6.45, 7) is 2.60. The fraction of sp³-hybridized carbons (Fsp3) is 0.333. The second-order valence-electron chi connectivity index (χ2n) is 6.96. The van der Waals surface area contributed by atoms with Crippen molar-refractivity contribution in [2.75, 3.05) is 25.0 Å². The molecule has 0 aromatic heterocycles. The number of amidine groups is 1. The molecule has 0 saturated carbocycles. The molecule has 29 heavy (non-hydrogen) atoms. The highest BCUT2D eigenvalue weighted by molar-refractivity contribution is 5.97. The van der Waals surface area contributed by atoms with E-state index in [4.69, 9.17) is 10.6 Å². The highest BCUT2D eigenvalue weighted by atomic mass is 19.1. The zero-order valence-corrected chi connectivity index (χ0v) is 16.0. The molecular formula is C21H24F2N4O2. The third kappa shape index (κ3) is 6.25. The van der Waals surface area contributed by atoms with Crippen LogP contribution in [0.5, 0.6) is 0 Å². The number of piperidine rings is 1. The van der Waals surface area contributed by atoms with E-state index < -0.39 is 24.1 Å². The molecule has 0 aliphatic carbocycles. The minimum Gasteiger partial charge on any atom is -0.384 e. The van der Waals surface area contributed by atoms with Crippen molar-refractivity contribution in [2.45, 2.75) is 25.8 Å². The number of hydrogen-bond acceptors (Lipinski definition) is 4. The number of oxime groups is 1. The molecule has 1 aliphatic heterocycles. The lowest BCUT2D eigenvalue weighted by atomic mass is 10.1. The van der Waals surface area contributed by atoms with Gasteiger partial charge in [0.05, 0.1) is 5.69 Å². The Morgan fingerprint density at radius 1 is 1.14 bits per heavy atom. The van der Waals surface area contributed by atoms with Crippen molar-refractivity contribution in [3.63, 3.8) is 0 Å². The number of rotatable bonds is 7. The maximum atomic E-state index is 13.5. The molecule has 1 aliphatic rings. The molecule has 3 rings (SSSR count). The van der Waals surface area contributed by atoms with Crippen molar-refractivity contribution in [1.29, 1.82) is 0 Å². The number of likely N-dealkylation sites (tertiary alicyclic amines) is 1. The average molecular weight is 402 g/mol. The van der Waals surface area contributed by atoms with Gasteiger partial charge in [0, 0.05) is 18.2 Å². The molecule has 1 saturated heterocycles. The van der Waals surface area contributed by atoms with Crippen LogP contribution in [0.25, 0.3) is 0 Å². The normalized spacial score (nSPS) is 15.2. The molecule has 0 radical (unpaired) electrons. The van der Waals surface area contributed by atoms with Crippen molar-refractivity contribution in [3.05, 3.63) is 65.2 Å². The van der Waals surface area contributed by atoms with Crippen LogP contribution in [0.15, 0.2) is 47.6 Å². The molecule has 0 atom stereocenters. The van der Waals surface area contributed by atoms with E-state index in [9.17, 15) is 13.6 Å². The van der Waals surface area contributed by atoms with Gasteiger partial charge in [-0.2, -0.15) is 0 Å². The minimum atomic E-state index is -0.869. The van der Waals surface area contributed by atoms with E-state index in [0.717, 1.165) is 37.3 Å². The molecule has 1 fully saturated rings. The molecule has 8 heteroatoms. The third-order valence-electron chi connectivity index (χ3n) is 4.64. The highest BCUT2D eigenvalue weighted by Crippen LogP contribution is 2.15. The molecule has 1 heterocycles. The number of nitrogens with two attached hydrogens (primary N) is 1. The maximum Gasteiger partial charge on any atom is 0.265 e. The second kappa shape index (κ2) is 9.97. The van der Waals surface area contributed by atoms with Crippen LogP contribution in [0.3, 0.4) is 0 Å². The number of benzene rings is 2. The molecule has 0 spiro atoms. The first kappa shape index (κ1) is 20.7. The Balaban J connectivity index is 1.52. The molecule has 1 amide bonds. The van der Waals surface area contributed by atoms with Crippen LogP contribution < -0.4 is 11.1 Å². The van der Waals surface area contributed by atoms with Crippen LogP contribution in [0.2, 0.25) is 0 Å². The van der Waals surface area contributed by atoms with Crippen molar-refractivity contribution in [3.8, 4) is 0 Å². The van der Waals surface area contributed by atoms with Crippen molar-refractivity contribution < 1.29 is 18.4 Å². The highest BCUT2D eigenvalue weighted by Gasteiger charge is 2.12. The van der Waals surface area contributed by atoms with Crippen LogP contribution in [0, 0.1) is 11.6 Å². The van der Waals surface area contributed by atoms with E-state index in [-0.39, 0.29) is 11.5 Å². The van der Waals surface area contributed by atoms with Gasteiger partial charge in [0.1, 0.15) is 11.6 Å². The number of hydrogen-bond donors (Lipinski definition) is 2. The van der Waals surface area contributed by atoms with Crippen molar-refractivity contribution in [2.24, 2.45) is 10.9 Å². The van der Waals surface area contributed by atoms with Gasteiger partial charge in [0.2, 0.25) is 0 Å². The van der Waals surface area contributed by atoms with Crippen LogP contribution in [-0.2, 0) is 16.2 Å². The molecule has 2 aromatic carbocycles. The molecule has 3 N–H and O–H groups in total. The molecule has 0 bridgehead atoms. The molecular weight excluding hydrogens is 378 g/mol. The zero-order valence-electron chi connectivity index (χ0n) is 16.0. The average Bonchev–Trinajstić information content (AvgIpc) is 2.71. The van der Waals surface area contributed by atoms with Gasteiger partial charge >= 0.3 is 0 Å². The Kier molecular flexibility index (Phi) is 7.13. The summed E-state index contributed by atoms with van der Waals surface area (Å²) in [6, 6.07) is 10.6.